The molecule has 10 atom stereocenters. The van der Waals surface area contributed by atoms with Gasteiger partial charge in [-0.2, -0.15) is 0 Å². The van der Waals surface area contributed by atoms with Crippen LogP contribution in [0, 0.1) is 40.4 Å². The minimum atomic E-state index is -0.712. The first-order chi connectivity index (χ1) is 21.1. The number of esters is 2. The van der Waals surface area contributed by atoms with Gasteiger partial charge in [0.25, 0.3) is 0 Å². The zero-order chi connectivity index (χ0) is 31.2. The van der Waals surface area contributed by atoms with Crippen LogP contribution in [0.5, 0.6) is 0 Å². The molecule has 4 fully saturated rings. The summed E-state index contributed by atoms with van der Waals surface area (Å²) in [6, 6.07) is 9.00. The largest absolute Gasteiger partial charge is 0.508 e. The number of carbonyl (C=O) groups is 3. The Balaban J connectivity index is 1.38. The SMILES string of the molecule is COC(=O)OC1C=C2CC(OC(C)=O)CC(OC(=O)c3ccccc3)[C@]2(C)[C@H]2CC[C@]3(C)[C@@H](C(C)C4OCCO4)CC[C@H]3[C@H]12. The Morgan fingerprint density at radius 2 is 1.68 bits per heavy atom. The lowest BCUT2D eigenvalue weighted by Gasteiger charge is -2.61. The van der Waals surface area contributed by atoms with E-state index in [2.05, 4.69) is 26.8 Å². The molecule has 9 heteroatoms. The van der Waals surface area contributed by atoms with Crippen molar-refractivity contribution < 1.29 is 42.8 Å². The zero-order valence-electron chi connectivity index (χ0n) is 26.5. The number of hydrogen-bond donors (Lipinski definition) is 0. The Morgan fingerprint density at radius 1 is 0.955 bits per heavy atom. The molecule has 0 aromatic heterocycles. The summed E-state index contributed by atoms with van der Waals surface area (Å²) >= 11 is 0. The molecule has 4 aliphatic carbocycles. The maximum absolute atomic E-state index is 13.5. The molecule has 3 saturated carbocycles. The first kappa shape index (κ1) is 31.1. The van der Waals surface area contributed by atoms with Crippen LogP contribution in [0.4, 0.5) is 4.79 Å². The van der Waals surface area contributed by atoms with Crippen molar-refractivity contribution in [1.29, 1.82) is 0 Å². The number of methoxy groups -OCH3 is 1. The van der Waals surface area contributed by atoms with Crippen LogP contribution >= 0.6 is 0 Å². The van der Waals surface area contributed by atoms with Gasteiger partial charge in [-0.05, 0) is 67.1 Å². The maximum Gasteiger partial charge on any atom is 0.508 e. The Labute approximate surface area is 259 Å². The standard InChI is InChI=1S/C35H46O9/c1-20(32-40-15-16-41-32)25-11-12-26-30-27(13-14-34(25,26)3)35(4)23(18-28(30)43-33(38)39-5)17-24(42-21(2)36)19-29(35)44-31(37)22-9-7-6-8-10-22/h6-10,18,20,24-30,32H,11-17,19H2,1-5H3/t20?,24?,25-,26+,27+,28?,29?,30+,34-,35+/m1/s1. The van der Waals surface area contributed by atoms with Gasteiger partial charge in [0, 0.05) is 37.0 Å². The third kappa shape index (κ3) is 5.34. The van der Waals surface area contributed by atoms with Crippen molar-refractivity contribution in [3.05, 3.63) is 47.5 Å². The predicted octanol–water partition coefficient (Wildman–Crippen LogP) is 6.10. The fourth-order valence-corrected chi connectivity index (χ4v) is 9.94. The van der Waals surface area contributed by atoms with E-state index in [4.69, 9.17) is 28.4 Å². The molecule has 5 aliphatic rings. The third-order valence-corrected chi connectivity index (χ3v) is 11.9. The molecule has 240 valence electrons. The van der Waals surface area contributed by atoms with Crippen molar-refractivity contribution in [2.45, 2.75) is 90.8 Å². The predicted molar refractivity (Wildman–Crippen MR) is 159 cm³/mol. The average Bonchev–Trinajstić information content (AvgIpc) is 3.66. The molecule has 0 radical (unpaired) electrons. The number of hydrogen-bond acceptors (Lipinski definition) is 9. The molecule has 1 heterocycles. The molecular formula is C35H46O9. The van der Waals surface area contributed by atoms with Crippen molar-refractivity contribution in [3.63, 3.8) is 0 Å². The molecule has 44 heavy (non-hydrogen) atoms. The highest BCUT2D eigenvalue weighted by molar-refractivity contribution is 5.89. The second-order valence-corrected chi connectivity index (χ2v) is 13.9. The summed E-state index contributed by atoms with van der Waals surface area (Å²) in [7, 11) is 1.33. The maximum atomic E-state index is 13.5. The van der Waals surface area contributed by atoms with Crippen LogP contribution in [0.2, 0.25) is 0 Å². The van der Waals surface area contributed by atoms with Crippen LogP contribution in [0.1, 0.15) is 76.6 Å². The average molecular weight is 611 g/mol. The van der Waals surface area contributed by atoms with Gasteiger partial charge in [0.1, 0.15) is 18.3 Å². The van der Waals surface area contributed by atoms with Gasteiger partial charge in [-0.15, -0.1) is 0 Å². The van der Waals surface area contributed by atoms with Gasteiger partial charge in [-0.25, -0.2) is 9.59 Å². The molecule has 0 spiro atoms. The van der Waals surface area contributed by atoms with E-state index < -0.39 is 35.9 Å². The first-order valence-corrected chi connectivity index (χ1v) is 16.2. The summed E-state index contributed by atoms with van der Waals surface area (Å²) < 4.78 is 35.1. The second-order valence-electron chi connectivity index (χ2n) is 13.9. The lowest BCUT2D eigenvalue weighted by Crippen LogP contribution is -2.60. The van der Waals surface area contributed by atoms with Gasteiger partial charge in [0.05, 0.1) is 25.9 Å². The van der Waals surface area contributed by atoms with Crippen LogP contribution in [-0.2, 0) is 33.2 Å². The highest BCUT2D eigenvalue weighted by atomic mass is 16.7. The fourth-order valence-electron chi connectivity index (χ4n) is 9.94. The van der Waals surface area contributed by atoms with Gasteiger partial charge >= 0.3 is 18.1 Å². The van der Waals surface area contributed by atoms with Crippen molar-refractivity contribution in [1.82, 2.24) is 0 Å². The number of carbonyl (C=O) groups excluding carboxylic acids is 3. The van der Waals surface area contributed by atoms with E-state index in [1.54, 1.807) is 12.1 Å². The van der Waals surface area contributed by atoms with E-state index in [9.17, 15) is 14.4 Å². The molecule has 0 N–H and O–H groups in total. The van der Waals surface area contributed by atoms with Gasteiger partial charge in [-0.3, -0.25) is 4.79 Å². The van der Waals surface area contributed by atoms with E-state index in [0.29, 0.717) is 37.5 Å². The van der Waals surface area contributed by atoms with Crippen LogP contribution in [0.15, 0.2) is 42.0 Å². The molecule has 1 aromatic carbocycles. The molecule has 1 saturated heterocycles. The molecule has 6 rings (SSSR count). The van der Waals surface area contributed by atoms with E-state index in [-0.39, 0.29) is 41.3 Å². The van der Waals surface area contributed by atoms with Crippen LogP contribution in [-0.4, -0.2) is 63.0 Å². The van der Waals surface area contributed by atoms with Crippen molar-refractivity contribution in [3.8, 4) is 0 Å². The lowest BCUT2D eigenvalue weighted by atomic mass is 9.45. The quantitative estimate of drug-likeness (QED) is 0.214. The normalized spacial score (nSPS) is 38.8. The number of rotatable bonds is 6. The van der Waals surface area contributed by atoms with Crippen LogP contribution in [0.25, 0.3) is 0 Å². The minimum Gasteiger partial charge on any atom is -0.462 e. The molecule has 0 amide bonds. The van der Waals surface area contributed by atoms with E-state index >= 15 is 0 Å². The van der Waals surface area contributed by atoms with E-state index in [1.165, 1.54) is 14.0 Å². The summed E-state index contributed by atoms with van der Waals surface area (Å²) in [6.45, 7) is 9.51. The second kappa shape index (κ2) is 12.1. The molecular weight excluding hydrogens is 564 g/mol. The Hall–Kier alpha value is -2.91. The molecule has 0 bridgehead atoms. The minimum absolute atomic E-state index is 0.000477. The fraction of sp³-hybridized carbons (Fsp3) is 0.686. The number of ether oxygens (including phenoxy) is 6. The molecule has 1 aliphatic heterocycles. The third-order valence-electron chi connectivity index (χ3n) is 11.9. The summed E-state index contributed by atoms with van der Waals surface area (Å²) in [5, 5.41) is 0. The van der Waals surface area contributed by atoms with Crippen molar-refractivity contribution in [2.24, 2.45) is 40.4 Å². The summed E-state index contributed by atoms with van der Waals surface area (Å²) in [5.74, 6) is 0.237. The monoisotopic (exact) mass is 610 g/mol. The van der Waals surface area contributed by atoms with E-state index in [0.717, 1.165) is 31.3 Å². The van der Waals surface area contributed by atoms with Gasteiger partial charge < -0.3 is 28.4 Å². The zero-order valence-corrected chi connectivity index (χ0v) is 26.5. The van der Waals surface area contributed by atoms with Crippen molar-refractivity contribution in [2.75, 3.05) is 20.3 Å². The Kier molecular flexibility index (Phi) is 8.56. The first-order valence-electron chi connectivity index (χ1n) is 16.2. The highest BCUT2D eigenvalue weighted by Crippen LogP contribution is 2.68. The summed E-state index contributed by atoms with van der Waals surface area (Å²) in [6.07, 6.45) is 4.53. The summed E-state index contributed by atoms with van der Waals surface area (Å²) in [5.41, 5.74) is 0.969. The van der Waals surface area contributed by atoms with E-state index in [1.807, 2.05) is 18.2 Å². The van der Waals surface area contributed by atoms with Gasteiger partial charge in [0.2, 0.25) is 0 Å². The Morgan fingerprint density at radius 3 is 2.36 bits per heavy atom. The summed E-state index contributed by atoms with van der Waals surface area (Å²) in [4.78, 5) is 38.2. The number of benzene rings is 1. The molecule has 9 nitrogen and oxygen atoms in total. The van der Waals surface area contributed by atoms with Crippen molar-refractivity contribution >= 4 is 18.1 Å². The van der Waals surface area contributed by atoms with Gasteiger partial charge in [-0.1, -0.05) is 44.5 Å². The highest BCUT2D eigenvalue weighted by Gasteiger charge is 2.65. The smallest absolute Gasteiger partial charge is 0.462 e. The Bertz CT molecular complexity index is 1270. The topological polar surface area (TPSA) is 107 Å². The number of fused-ring (bicyclic) bond motifs is 5. The molecule has 1 aromatic rings. The van der Waals surface area contributed by atoms with Crippen LogP contribution < -0.4 is 0 Å². The van der Waals surface area contributed by atoms with Gasteiger partial charge in [0.15, 0.2) is 6.29 Å². The molecule has 4 unspecified atom stereocenters. The lowest BCUT2D eigenvalue weighted by molar-refractivity contribution is -0.163. The van der Waals surface area contributed by atoms with Crippen LogP contribution in [0.3, 0.4) is 0 Å².